The van der Waals surface area contributed by atoms with E-state index < -0.39 is 0 Å². The van der Waals surface area contributed by atoms with Crippen molar-refractivity contribution >= 4 is 23.0 Å². The normalized spacial score (nSPS) is 10.4. The number of nitrogens with zero attached hydrogens (tertiary/aromatic N) is 1. The second kappa shape index (κ2) is 8.16. The number of hydrogen-bond donors (Lipinski definition) is 2. The lowest BCUT2D eigenvalue weighted by molar-refractivity contribution is 0.102. The van der Waals surface area contributed by atoms with E-state index in [0.29, 0.717) is 17.1 Å². The minimum atomic E-state index is -0.290. The van der Waals surface area contributed by atoms with Gasteiger partial charge >= 0.3 is 0 Å². The molecule has 0 aliphatic carbocycles. The van der Waals surface area contributed by atoms with E-state index in [-0.39, 0.29) is 12.0 Å². The van der Waals surface area contributed by atoms with Gasteiger partial charge in [-0.1, -0.05) is 30.3 Å². The fourth-order valence-corrected chi connectivity index (χ4v) is 2.43. The zero-order valence-corrected chi connectivity index (χ0v) is 14.8. The van der Waals surface area contributed by atoms with Crippen LogP contribution in [0, 0.1) is 0 Å². The third-order valence-corrected chi connectivity index (χ3v) is 3.55. The zero-order chi connectivity index (χ0) is 18.4. The molecule has 5 nitrogen and oxygen atoms in total. The Morgan fingerprint density at radius 2 is 1.69 bits per heavy atom. The largest absolute Gasteiger partial charge is 0.489 e. The maximum Gasteiger partial charge on any atom is 0.274 e. The number of carbonyl (C=O) groups is 1. The lowest BCUT2D eigenvalue weighted by Gasteiger charge is -2.14. The zero-order valence-electron chi connectivity index (χ0n) is 14.8. The molecule has 1 amide bonds. The fourth-order valence-electron chi connectivity index (χ4n) is 2.43. The van der Waals surface area contributed by atoms with Crippen LogP contribution in [0.25, 0.3) is 0 Å². The highest BCUT2D eigenvalue weighted by Crippen LogP contribution is 2.25. The van der Waals surface area contributed by atoms with Crippen LogP contribution in [-0.2, 0) is 0 Å². The van der Waals surface area contributed by atoms with Crippen LogP contribution in [0.3, 0.4) is 0 Å². The maximum atomic E-state index is 12.6. The van der Waals surface area contributed by atoms with Gasteiger partial charge in [-0.3, -0.25) is 9.78 Å². The number of pyridine rings is 1. The molecule has 0 aliphatic rings. The standard InChI is InChI=1S/C21H21N3O2/c1-15(2)26-20-11-7-6-10-18(20)24-21(25)19-14-17(12-13-22-19)23-16-8-4-3-5-9-16/h3-15H,1-2H3,(H,22,23)(H,24,25). The number of anilines is 3. The highest BCUT2D eigenvalue weighted by atomic mass is 16.5. The number of hydrogen-bond acceptors (Lipinski definition) is 4. The third-order valence-electron chi connectivity index (χ3n) is 3.55. The average Bonchev–Trinajstić information content (AvgIpc) is 2.64. The highest BCUT2D eigenvalue weighted by molar-refractivity contribution is 6.04. The predicted octanol–water partition coefficient (Wildman–Crippen LogP) is 4.86. The fraction of sp³-hybridized carbons (Fsp3) is 0.143. The first-order chi connectivity index (χ1) is 12.6. The van der Waals surface area contributed by atoms with Crippen LogP contribution in [0.4, 0.5) is 17.1 Å². The van der Waals surface area contributed by atoms with E-state index in [2.05, 4.69) is 15.6 Å². The number of nitrogens with one attached hydrogen (secondary N) is 2. The average molecular weight is 347 g/mol. The molecule has 1 heterocycles. The van der Waals surface area contributed by atoms with Gasteiger partial charge in [-0.25, -0.2) is 0 Å². The summed E-state index contributed by atoms with van der Waals surface area (Å²) in [5, 5.41) is 6.12. The Bertz CT molecular complexity index is 879. The summed E-state index contributed by atoms with van der Waals surface area (Å²) in [6.07, 6.45) is 1.63. The lowest BCUT2D eigenvalue weighted by Crippen LogP contribution is -2.15. The second-order valence-electron chi connectivity index (χ2n) is 6.04. The van der Waals surface area contributed by atoms with Gasteiger partial charge in [0.15, 0.2) is 0 Å². The van der Waals surface area contributed by atoms with Crippen LogP contribution in [0.5, 0.6) is 5.75 Å². The topological polar surface area (TPSA) is 63.2 Å². The Hall–Kier alpha value is -3.34. The molecule has 0 aliphatic heterocycles. The molecule has 3 aromatic rings. The quantitative estimate of drug-likeness (QED) is 0.668. The third kappa shape index (κ3) is 4.60. The van der Waals surface area contributed by atoms with Gasteiger partial charge in [0, 0.05) is 17.6 Å². The molecule has 0 bridgehead atoms. The van der Waals surface area contributed by atoms with Crippen molar-refractivity contribution < 1.29 is 9.53 Å². The second-order valence-corrected chi connectivity index (χ2v) is 6.04. The van der Waals surface area contributed by atoms with Crippen LogP contribution in [0.15, 0.2) is 72.9 Å². The Morgan fingerprint density at radius 1 is 0.962 bits per heavy atom. The van der Waals surface area contributed by atoms with Gasteiger partial charge in [0.1, 0.15) is 11.4 Å². The van der Waals surface area contributed by atoms with Crippen molar-refractivity contribution in [3.63, 3.8) is 0 Å². The van der Waals surface area contributed by atoms with Gasteiger partial charge in [0.05, 0.1) is 11.8 Å². The summed E-state index contributed by atoms with van der Waals surface area (Å²) < 4.78 is 5.74. The van der Waals surface area contributed by atoms with Crippen molar-refractivity contribution in [2.24, 2.45) is 0 Å². The molecular weight excluding hydrogens is 326 g/mol. The Labute approximate surface area is 153 Å². The molecule has 132 valence electrons. The molecule has 3 rings (SSSR count). The van der Waals surface area contributed by atoms with Crippen molar-refractivity contribution in [1.29, 1.82) is 0 Å². The molecule has 5 heteroatoms. The number of benzene rings is 2. The number of para-hydroxylation sites is 3. The molecule has 2 N–H and O–H groups in total. The minimum absolute atomic E-state index is 0.0181. The number of aromatic nitrogens is 1. The van der Waals surface area contributed by atoms with Gasteiger partial charge < -0.3 is 15.4 Å². The molecular formula is C21H21N3O2. The van der Waals surface area contributed by atoms with Crippen LogP contribution in [0.1, 0.15) is 24.3 Å². The molecule has 0 saturated carbocycles. The Kier molecular flexibility index (Phi) is 5.49. The summed E-state index contributed by atoms with van der Waals surface area (Å²) in [5.74, 6) is 0.343. The smallest absolute Gasteiger partial charge is 0.274 e. The molecule has 1 aromatic heterocycles. The Balaban J connectivity index is 1.76. The molecule has 26 heavy (non-hydrogen) atoms. The molecule has 0 atom stereocenters. The van der Waals surface area contributed by atoms with Crippen molar-refractivity contribution in [1.82, 2.24) is 4.98 Å². The summed E-state index contributed by atoms with van der Waals surface area (Å²) in [4.78, 5) is 16.8. The van der Waals surface area contributed by atoms with E-state index in [0.717, 1.165) is 11.4 Å². The van der Waals surface area contributed by atoms with E-state index in [4.69, 9.17) is 4.74 Å². The first-order valence-corrected chi connectivity index (χ1v) is 8.47. The van der Waals surface area contributed by atoms with E-state index in [1.807, 2.05) is 74.5 Å². The first kappa shape index (κ1) is 17.5. The maximum absolute atomic E-state index is 12.6. The number of ether oxygens (including phenoxy) is 1. The van der Waals surface area contributed by atoms with Crippen molar-refractivity contribution in [3.05, 3.63) is 78.6 Å². The van der Waals surface area contributed by atoms with Crippen molar-refractivity contribution in [3.8, 4) is 5.75 Å². The van der Waals surface area contributed by atoms with Gasteiger partial charge in [-0.15, -0.1) is 0 Å². The van der Waals surface area contributed by atoms with Crippen molar-refractivity contribution in [2.75, 3.05) is 10.6 Å². The molecule has 0 saturated heterocycles. The molecule has 0 fully saturated rings. The van der Waals surface area contributed by atoms with Crippen LogP contribution in [0.2, 0.25) is 0 Å². The predicted molar refractivity (Wildman–Crippen MR) is 104 cm³/mol. The van der Waals surface area contributed by atoms with E-state index in [1.54, 1.807) is 12.3 Å². The van der Waals surface area contributed by atoms with Gasteiger partial charge in [-0.2, -0.15) is 0 Å². The van der Waals surface area contributed by atoms with Gasteiger partial charge in [-0.05, 0) is 50.2 Å². The van der Waals surface area contributed by atoms with Crippen LogP contribution >= 0.6 is 0 Å². The highest BCUT2D eigenvalue weighted by Gasteiger charge is 2.12. The van der Waals surface area contributed by atoms with Crippen molar-refractivity contribution in [2.45, 2.75) is 20.0 Å². The number of rotatable bonds is 6. The monoisotopic (exact) mass is 347 g/mol. The summed E-state index contributed by atoms with van der Waals surface area (Å²) in [7, 11) is 0. The summed E-state index contributed by atoms with van der Waals surface area (Å²) in [5.41, 5.74) is 2.68. The van der Waals surface area contributed by atoms with Gasteiger partial charge in [0.25, 0.3) is 5.91 Å². The Morgan fingerprint density at radius 3 is 2.46 bits per heavy atom. The minimum Gasteiger partial charge on any atom is -0.489 e. The SMILES string of the molecule is CC(C)Oc1ccccc1NC(=O)c1cc(Nc2ccccc2)ccn1. The van der Waals surface area contributed by atoms with Crippen LogP contribution < -0.4 is 15.4 Å². The molecule has 0 spiro atoms. The van der Waals surface area contributed by atoms with Gasteiger partial charge in [0.2, 0.25) is 0 Å². The number of amides is 1. The van der Waals surface area contributed by atoms with E-state index in [1.165, 1.54) is 0 Å². The van der Waals surface area contributed by atoms with Crippen LogP contribution in [-0.4, -0.2) is 17.0 Å². The summed E-state index contributed by atoms with van der Waals surface area (Å²) in [6.45, 7) is 3.89. The first-order valence-electron chi connectivity index (χ1n) is 8.47. The van der Waals surface area contributed by atoms with E-state index in [9.17, 15) is 4.79 Å². The number of carbonyl (C=O) groups excluding carboxylic acids is 1. The molecule has 2 aromatic carbocycles. The van der Waals surface area contributed by atoms with E-state index >= 15 is 0 Å². The summed E-state index contributed by atoms with van der Waals surface area (Å²) >= 11 is 0. The molecule has 0 radical (unpaired) electrons. The molecule has 0 unspecified atom stereocenters. The lowest BCUT2D eigenvalue weighted by atomic mass is 10.2. The summed E-state index contributed by atoms with van der Waals surface area (Å²) in [6, 6.07) is 20.7.